The van der Waals surface area contributed by atoms with Crippen LogP contribution >= 0.6 is 23.5 Å². The van der Waals surface area contributed by atoms with E-state index in [2.05, 4.69) is 46.7 Å². The van der Waals surface area contributed by atoms with E-state index in [1.54, 1.807) is 11.8 Å². The molecule has 1 N–H and O–H groups in total. The quantitative estimate of drug-likeness (QED) is 0.615. The molecule has 2 aromatic rings. The monoisotopic (exact) mass is 409 g/mol. The average Bonchev–Trinajstić information content (AvgIpc) is 3.05. The van der Waals surface area contributed by atoms with E-state index in [0.29, 0.717) is 17.5 Å². The molecule has 0 radical (unpaired) electrons. The molecule has 1 aromatic carbocycles. The van der Waals surface area contributed by atoms with Crippen molar-refractivity contribution in [2.24, 2.45) is 0 Å². The first-order valence-corrected chi connectivity index (χ1v) is 11.1. The molecule has 148 valence electrons. The molecule has 8 heteroatoms. The molecule has 0 spiro atoms. The standard InChI is InChI=1S/C19H27N3O3S2/c1-13-6-8-14(9-7-13)12-27-18-22-21-16(24-18)15(10-11-26-5)20-17(23)25-19(2,3)4/h6-9,15H,10-12H2,1-5H3,(H,20,23)/t15-/m1/s1. The van der Waals surface area contributed by atoms with Gasteiger partial charge in [-0.3, -0.25) is 0 Å². The number of nitrogens with one attached hydrogen (secondary N) is 1. The molecule has 0 bridgehead atoms. The number of carbonyl (C=O) groups is 1. The van der Waals surface area contributed by atoms with E-state index in [0.717, 1.165) is 11.5 Å². The Kier molecular flexibility index (Phi) is 8.04. The Bertz CT molecular complexity index is 727. The fourth-order valence-corrected chi connectivity index (χ4v) is 3.39. The summed E-state index contributed by atoms with van der Waals surface area (Å²) in [6, 6.07) is 7.97. The zero-order valence-corrected chi connectivity index (χ0v) is 18.1. The van der Waals surface area contributed by atoms with Gasteiger partial charge in [0.05, 0.1) is 0 Å². The van der Waals surface area contributed by atoms with Crippen LogP contribution in [-0.2, 0) is 10.5 Å². The predicted molar refractivity (Wildman–Crippen MR) is 110 cm³/mol. The van der Waals surface area contributed by atoms with Crippen LogP contribution in [0.3, 0.4) is 0 Å². The molecule has 1 atom stereocenters. The lowest BCUT2D eigenvalue weighted by atomic mass is 10.2. The first-order valence-electron chi connectivity index (χ1n) is 8.77. The summed E-state index contributed by atoms with van der Waals surface area (Å²) in [6.07, 6.45) is 2.21. The number of amides is 1. The minimum atomic E-state index is -0.558. The number of nitrogens with zero attached hydrogens (tertiary/aromatic N) is 2. The largest absolute Gasteiger partial charge is 0.444 e. The molecule has 0 aliphatic heterocycles. The number of ether oxygens (including phenoxy) is 1. The van der Waals surface area contributed by atoms with Crippen molar-refractivity contribution in [2.45, 2.75) is 56.7 Å². The van der Waals surface area contributed by atoms with Crippen molar-refractivity contribution in [1.82, 2.24) is 15.5 Å². The second-order valence-electron chi connectivity index (χ2n) is 7.16. The summed E-state index contributed by atoms with van der Waals surface area (Å²) < 4.78 is 11.1. The van der Waals surface area contributed by atoms with Crippen molar-refractivity contribution in [1.29, 1.82) is 0 Å². The Labute approximate surface area is 169 Å². The smallest absolute Gasteiger partial charge is 0.408 e. The lowest BCUT2D eigenvalue weighted by Gasteiger charge is -2.22. The zero-order chi connectivity index (χ0) is 19.9. The molecule has 0 saturated carbocycles. The molecule has 0 saturated heterocycles. The van der Waals surface area contributed by atoms with Gasteiger partial charge >= 0.3 is 6.09 Å². The lowest BCUT2D eigenvalue weighted by molar-refractivity contribution is 0.0493. The van der Waals surface area contributed by atoms with E-state index in [1.165, 1.54) is 22.9 Å². The van der Waals surface area contributed by atoms with Gasteiger partial charge in [-0.05, 0) is 51.7 Å². The third-order valence-electron chi connectivity index (χ3n) is 3.50. The number of carbonyl (C=O) groups excluding carboxylic acids is 1. The van der Waals surface area contributed by atoms with E-state index < -0.39 is 11.7 Å². The van der Waals surface area contributed by atoms with Crippen LogP contribution in [0.15, 0.2) is 33.9 Å². The topological polar surface area (TPSA) is 77.2 Å². The molecule has 0 aliphatic rings. The van der Waals surface area contributed by atoms with Gasteiger partial charge in [0.25, 0.3) is 5.22 Å². The molecular formula is C19H27N3O3S2. The van der Waals surface area contributed by atoms with Crippen LogP contribution in [0.25, 0.3) is 0 Å². The number of aryl methyl sites for hydroxylation is 1. The zero-order valence-electron chi connectivity index (χ0n) is 16.4. The number of hydrogen-bond acceptors (Lipinski definition) is 7. The molecular weight excluding hydrogens is 382 g/mol. The summed E-state index contributed by atoms with van der Waals surface area (Å²) >= 11 is 3.17. The summed E-state index contributed by atoms with van der Waals surface area (Å²) in [4.78, 5) is 12.1. The Morgan fingerprint density at radius 3 is 2.59 bits per heavy atom. The van der Waals surface area contributed by atoms with Crippen LogP contribution in [0, 0.1) is 6.92 Å². The number of rotatable bonds is 8. The van der Waals surface area contributed by atoms with Crippen molar-refractivity contribution in [3.05, 3.63) is 41.3 Å². The molecule has 0 unspecified atom stereocenters. The summed E-state index contributed by atoms with van der Waals surface area (Å²) in [7, 11) is 0. The van der Waals surface area contributed by atoms with Gasteiger partial charge in [-0.25, -0.2) is 4.79 Å². The highest BCUT2D eigenvalue weighted by Crippen LogP contribution is 2.25. The maximum absolute atomic E-state index is 12.1. The second kappa shape index (κ2) is 10.0. The Morgan fingerprint density at radius 1 is 1.26 bits per heavy atom. The molecule has 1 aromatic heterocycles. The van der Waals surface area contributed by atoms with Crippen molar-refractivity contribution in [3.8, 4) is 0 Å². The van der Waals surface area contributed by atoms with Gasteiger partial charge in [0.2, 0.25) is 5.89 Å². The van der Waals surface area contributed by atoms with E-state index >= 15 is 0 Å². The highest BCUT2D eigenvalue weighted by Gasteiger charge is 2.24. The molecule has 2 rings (SSSR count). The van der Waals surface area contributed by atoms with E-state index in [4.69, 9.17) is 9.15 Å². The van der Waals surface area contributed by atoms with Crippen LogP contribution < -0.4 is 5.32 Å². The van der Waals surface area contributed by atoms with E-state index in [9.17, 15) is 4.79 Å². The van der Waals surface area contributed by atoms with Crippen LogP contribution in [0.4, 0.5) is 4.79 Å². The number of hydrogen-bond donors (Lipinski definition) is 1. The lowest BCUT2D eigenvalue weighted by Crippen LogP contribution is -2.35. The number of aromatic nitrogens is 2. The van der Waals surface area contributed by atoms with Gasteiger partial charge < -0.3 is 14.5 Å². The van der Waals surface area contributed by atoms with Crippen molar-refractivity contribution < 1.29 is 13.9 Å². The van der Waals surface area contributed by atoms with Gasteiger partial charge in [0.1, 0.15) is 11.6 Å². The Morgan fingerprint density at radius 2 is 1.96 bits per heavy atom. The summed E-state index contributed by atoms with van der Waals surface area (Å²) in [5.74, 6) is 2.01. The molecule has 0 aliphatic carbocycles. The van der Waals surface area contributed by atoms with Crippen LogP contribution in [0.2, 0.25) is 0 Å². The summed E-state index contributed by atoms with van der Waals surface area (Å²) in [5.41, 5.74) is 1.86. The molecule has 0 fully saturated rings. The Balaban J connectivity index is 1.99. The van der Waals surface area contributed by atoms with Crippen molar-refractivity contribution in [3.63, 3.8) is 0 Å². The number of thioether (sulfide) groups is 2. The van der Waals surface area contributed by atoms with Crippen molar-refractivity contribution in [2.75, 3.05) is 12.0 Å². The van der Waals surface area contributed by atoms with E-state index in [1.807, 2.05) is 27.0 Å². The molecule has 6 nitrogen and oxygen atoms in total. The first-order chi connectivity index (χ1) is 12.8. The third kappa shape index (κ3) is 7.84. The average molecular weight is 410 g/mol. The number of alkyl carbamates (subject to hydrolysis) is 1. The van der Waals surface area contributed by atoms with Gasteiger partial charge in [0, 0.05) is 5.75 Å². The normalized spacial score (nSPS) is 12.6. The van der Waals surface area contributed by atoms with Crippen LogP contribution in [-0.4, -0.2) is 33.9 Å². The highest BCUT2D eigenvalue weighted by molar-refractivity contribution is 7.98. The summed E-state index contributed by atoms with van der Waals surface area (Å²) in [5, 5.41) is 11.6. The minimum absolute atomic E-state index is 0.367. The fourth-order valence-electron chi connectivity index (χ4n) is 2.19. The maximum Gasteiger partial charge on any atom is 0.408 e. The molecule has 27 heavy (non-hydrogen) atoms. The summed E-state index contributed by atoms with van der Waals surface area (Å²) in [6.45, 7) is 7.55. The first kappa shape index (κ1) is 21.6. The fraction of sp³-hybridized carbons (Fsp3) is 0.526. The van der Waals surface area contributed by atoms with Crippen LogP contribution in [0.5, 0.6) is 0 Å². The van der Waals surface area contributed by atoms with Gasteiger partial charge in [0.15, 0.2) is 0 Å². The minimum Gasteiger partial charge on any atom is -0.444 e. The van der Waals surface area contributed by atoms with Gasteiger partial charge in [-0.2, -0.15) is 11.8 Å². The molecule has 1 heterocycles. The van der Waals surface area contributed by atoms with Crippen molar-refractivity contribution >= 4 is 29.6 Å². The van der Waals surface area contributed by atoms with Gasteiger partial charge in [-0.1, -0.05) is 41.6 Å². The highest BCUT2D eigenvalue weighted by atomic mass is 32.2. The molecule has 1 amide bonds. The van der Waals surface area contributed by atoms with Gasteiger partial charge in [-0.15, -0.1) is 10.2 Å². The Hall–Kier alpha value is -1.67. The number of benzene rings is 1. The third-order valence-corrected chi connectivity index (χ3v) is 5.04. The van der Waals surface area contributed by atoms with Crippen LogP contribution in [0.1, 0.15) is 50.3 Å². The maximum atomic E-state index is 12.1. The SMILES string of the molecule is CSCC[C@@H](NC(=O)OC(C)(C)C)c1nnc(SCc2ccc(C)cc2)o1. The second-order valence-corrected chi connectivity index (χ2v) is 9.07. The predicted octanol–water partition coefficient (Wildman–Crippen LogP) is 4.99. The van der Waals surface area contributed by atoms with E-state index in [-0.39, 0.29) is 6.04 Å².